The Balaban J connectivity index is 1.68. The molecule has 1 saturated heterocycles. The number of hydrogen-bond donors (Lipinski definition) is 3. The zero-order valence-electron chi connectivity index (χ0n) is 14.7. The minimum atomic E-state index is -0.481. The summed E-state index contributed by atoms with van der Waals surface area (Å²) in [4.78, 5) is 19.8. The van der Waals surface area contributed by atoms with Crippen molar-refractivity contribution in [1.82, 2.24) is 15.3 Å². The van der Waals surface area contributed by atoms with Crippen molar-refractivity contribution in [2.45, 2.75) is 45.2 Å². The van der Waals surface area contributed by atoms with Gasteiger partial charge in [0.25, 0.3) is 5.91 Å². The van der Waals surface area contributed by atoms with Crippen LogP contribution in [0.1, 0.15) is 56.0 Å². The van der Waals surface area contributed by atoms with Gasteiger partial charge in [0.05, 0.1) is 6.04 Å². The van der Waals surface area contributed by atoms with Crippen LogP contribution in [-0.2, 0) is 0 Å². The van der Waals surface area contributed by atoms with E-state index in [0.29, 0.717) is 17.3 Å². The molecular weight excluding hydrogens is 380 g/mol. The fraction of sp³-hybridized carbons (Fsp3) is 0.474. The van der Waals surface area contributed by atoms with Gasteiger partial charge in [-0.25, -0.2) is 4.98 Å². The maximum atomic E-state index is 11.9. The summed E-state index contributed by atoms with van der Waals surface area (Å²) in [6.07, 6.45) is 2.26. The van der Waals surface area contributed by atoms with Gasteiger partial charge in [-0.15, -0.1) is 0 Å². The van der Waals surface area contributed by atoms with Crippen LogP contribution in [0.2, 0.25) is 0 Å². The highest BCUT2D eigenvalue weighted by Crippen LogP contribution is 2.63. The number of fused-ring (bicyclic) bond motifs is 1. The molecule has 1 aromatic heterocycles. The smallest absolute Gasteiger partial charge is 0.267 e. The van der Waals surface area contributed by atoms with Crippen LogP contribution in [0.5, 0.6) is 0 Å². The average molecular weight is 403 g/mol. The lowest BCUT2D eigenvalue weighted by Gasteiger charge is -2.31. The molecule has 4 rings (SSSR count). The Hall–Kier alpha value is -1.66. The second-order valence-electron chi connectivity index (χ2n) is 8.27. The second-order valence-corrected chi connectivity index (χ2v) is 9.19. The van der Waals surface area contributed by atoms with Crippen LogP contribution in [0.4, 0.5) is 0 Å². The van der Waals surface area contributed by atoms with Crippen LogP contribution >= 0.6 is 15.9 Å². The van der Waals surface area contributed by atoms with Crippen LogP contribution < -0.4 is 11.1 Å². The number of imidazole rings is 1. The first-order valence-electron chi connectivity index (χ1n) is 8.64. The number of aromatic amines is 1. The standard InChI is InChI=1S/C19H23BrN4O/c1-18(2,3)19-9-11(19)8-13(24-19)17-22-14(15(23-17)16(21)25)10-4-6-12(20)7-5-10/h4-7,11,13,24H,8-9H2,1-3H3,(H2,21,25)(H,22,23)/t11-,13+,19-/m1/s1. The van der Waals surface area contributed by atoms with E-state index in [1.165, 1.54) is 6.42 Å². The molecule has 2 fully saturated rings. The van der Waals surface area contributed by atoms with Gasteiger partial charge in [-0.2, -0.15) is 0 Å². The number of nitrogens with zero attached hydrogens (tertiary/aromatic N) is 1. The summed E-state index contributed by atoms with van der Waals surface area (Å²) in [7, 11) is 0. The van der Waals surface area contributed by atoms with E-state index in [1.807, 2.05) is 24.3 Å². The van der Waals surface area contributed by atoms with E-state index in [2.05, 4.69) is 47.0 Å². The lowest BCUT2D eigenvalue weighted by atomic mass is 9.83. The van der Waals surface area contributed by atoms with Gasteiger partial charge in [0.15, 0.2) is 0 Å². The number of primary amides is 1. The quantitative estimate of drug-likeness (QED) is 0.730. The molecule has 1 aliphatic carbocycles. The zero-order chi connectivity index (χ0) is 18.0. The molecule has 0 spiro atoms. The molecule has 1 saturated carbocycles. The number of benzene rings is 1. The Morgan fingerprint density at radius 1 is 1.32 bits per heavy atom. The summed E-state index contributed by atoms with van der Waals surface area (Å²) in [6, 6.07) is 7.89. The first kappa shape index (κ1) is 16.8. The molecule has 0 bridgehead atoms. The van der Waals surface area contributed by atoms with Crippen molar-refractivity contribution >= 4 is 21.8 Å². The molecule has 5 nitrogen and oxygen atoms in total. The molecule has 6 heteroatoms. The van der Waals surface area contributed by atoms with E-state index in [0.717, 1.165) is 22.3 Å². The third kappa shape index (κ3) is 2.62. The van der Waals surface area contributed by atoms with E-state index in [1.54, 1.807) is 0 Å². The average Bonchev–Trinajstić information content (AvgIpc) is 2.94. The Kier molecular flexibility index (Phi) is 3.64. The second kappa shape index (κ2) is 5.42. The van der Waals surface area contributed by atoms with Crippen LogP contribution in [0.25, 0.3) is 11.3 Å². The van der Waals surface area contributed by atoms with Gasteiger partial charge in [0.2, 0.25) is 0 Å². The molecule has 25 heavy (non-hydrogen) atoms. The molecule has 3 atom stereocenters. The predicted octanol–water partition coefficient (Wildman–Crippen LogP) is 3.78. The number of carbonyl (C=O) groups excluding carboxylic acids is 1. The first-order valence-corrected chi connectivity index (χ1v) is 9.44. The predicted molar refractivity (Wildman–Crippen MR) is 101 cm³/mol. The fourth-order valence-electron chi connectivity index (χ4n) is 4.31. The van der Waals surface area contributed by atoms with Crippen molar-refractivity contribution in [3.8, 4) is 11.3 Å². The summed E-state index contributed by atoms with van der Waals surface area (Å²) in [5.74, 6) is 1.00. The summed E-state index contributed by atoms with van der Waals surface area (Å²) in [5, 5.41) is 3.78. The Bertz CT molecular complexity index is 836. The molecule has 132 valence electrons. The van der Waals surface area contributed by atoms with Gasteiger partial charge in [0.1, 0.15) is 17.2 Å². The number of carbonyl (C=O) groups is 1. The van der Waals surface area contributed by atoms with Crippen molar-refractivity contribution < 1.29 is 4.79 Å². The maximum absolute atomic E-state index is 11.9. The first-order chi connectivity index (χ1) is 11.7. The third-order valence-corrected chi connectivity index (χ3v) is 6.34. The number of amides is 1. The summed E-state index contributed by atoms with van der Waals surface area (Å²) in [6.45, 7) is 6.85. The van der Waals surface area contributed by atoms with Gasteiger partial charge >= 0.3 is 0 Å². The SMILES string of the molecule is CC(C)(C)[C@@]12C[C@H]1C[C@@H](c1nc(-c3ccc(Br)cc3)c(C(N)=O)[nH]1)N2. The van der Waals surface area contributed by atoms with E-state index in [4.69, 9.17) is 10.7 Å². The Morgan fingerprint density at radius 3 is 2.56 bits per heavy atom. The summed E-state index contributed by atoms with van der Waals surface area (Å²) < 4.78 is 0.984. The van der Waals surface area contributed by atoms with Gasteiger partial charge in [-0.05, 0) is 36.3 Å². The van der Waals surface area contributed by atoms with Crippen LogP contribution in [-0.4, -0.2) is 21.4 Å². The van der Waals surface area contributed by atoms with Crippen molar-refractivity contribution in [3.05, 3.63) is 40.3 Å². The normalized spacial score (nSPS) is 28.0. The lowest BCUT2D eigenvalue weighted by molar-refractivity contribution is 0.0996. The van der Waals surface area contributed by atoms with Crippen LogP contribution in [0.3, 0.4) is 0 Å². The van der Waals surface area contributed by atoms with Gasteiger partial charge < -0.3 is 16.0 Å². The van der Waals surface area contributed by atoms with Crippen molar-refractivity contribution in [2.24, 2.45) is 17.1 Å². The van der Waals surface area contributed by atoms with Gasteiger partial charge in [-0.3, -0.25) is 4.79 Å². The lowest BCUT2D eigenvalue weighted by Crippen LogP contribution is -2.42. The van der Waals surface area contributed by atoms with E-state index in [-0.39, 0.29) is 17.0 Å². The number of rotatable bonds is 3. The highest BCUT2D eigenvalue weighted by molar-refractivity contribution is 9.10. The van der Waals surface area contributed by atoms with E-state index < -0.39 is 5.91 Å². The van der Waals surface area contributed by atoms with Crippen molar-refractivity contribution in [3.63, 3.8) is 0 Å². The Morgan fingerprint density at radius 2 is 2.00 bits per heavy atom. The fourth-order valence-corrected chi connectivity index (χ4v) is 4.58. The number of nitrogens with one attached hydrogen (secondary N) is 2. The molecular formula is C19H23BrN4O. The number of piperidine rings is 1. The van der Waals surface area contributed by atoms with Gasteiger partial charge in [-0.1, -0.05) is 48.8 Å². The highest BCUT2D eigenvalue weighted by atomic mass is 79.9. The van der Waals surface area contributed by atoms with E-state index >= 15 is 0 Å². The molecule has 1 aromatic carbocycles. The zero-order valence-corrected chi connectivity index (χ0v) is 16.3. The van der Waals surface area contributed by atoms with Crippen LogP contribution in [0.15, 0.2) is 28.7 Å². The highest BCUT2D eigenvalue weighted by Gasteiger charge is 2.66. The topological polar surface area (TPSA) is 83.8 Å². The van der Waals surface area contributed by atoms with E-state index in [9.17, 15) is 4.79 Å². The summed E-state index contributed by atoms with van der Waals surface area (Å²) in [5.41, 5.74) is 7.87. The number of H-pyrrole nitrogens is 1. The van der Waals surface area contributed by atoms with Crippen molar-refractivity contribution in [2.75, 3.05) is 0 Å². The molecule has 2 heterocycles. The number of hydrogen-bond acceptors (Lipinski definition) is 3. The minimum Gasteiger partial charge on any atom is -0.364 e. The van der Waals surface area contributed by atoms with Crippen LogP contribution in [0, 0.1) is 11.3 Å². The van der Waals surface area contributed by atoms with Crippen molar-refractivity contribution in [1.29, 1.82) is 0 Å². The molecule has 2 aromatic rings. The number of halogens is 1. The molecule has 1 aliphatic heterocycles. The molecule has 2 aliphatic rings. The Labute approximate surface area is 155 Å². The maximum Gasteiger partial charge on any atom is 0.267 e. The molecule has 1 amide bonds. The minimum absolute atomic E-state index is 0.139. The van der Waals surface area contributed by atoms with Gasteiger partial charge in [0, 0.05) is 15.6 Å². The molecule has 4 N–H and O–H groups in total. The largest absolute Gasteiger partial charge is 0.364 e. The third-order valence-electron chi connectivity index (χ3n) is 5.81. The number of aromatic nitrogens is 2. The molecule has 0 radical (unpaired) electrons. The monoisotopic (exact) mass is 402 g/mol. The molecule has 0 unspecified atom stereocenters. The summed E-state index contributed by atoms with van der Waals surface area (Å²) >= 11 is 3.43. The number of nitrogens with two attached hydrogens (primary N) is 1.